The van der Waals surface area contributed by atoms with Crippen molar-refractivity contribution < 1.29 is 33.8 Å². The normalized spacial score (nSPS) is 20.1. The van der Waals surface area contributed by atoms with E-state index in [-0.39, 0.29) is 53.8 Å². The molecule has 1 unspecified atom stereocenters. The smallest absolute Gasteiger partial charge is 0.245 e. The number of carbonyl (C=O) groups excluding carboxylic acids is 4. The topological polar surface area (TPSA) is 150 Å². The Morgan fingerprint density at radius 1 is 0.922 bits per heavy atom. The van der Waals surface area contributed by atoms with Crippen LogP contribution in [0.5, 0.6) is 0 Å². The summed E-state index contributed by atoms with van der Waals surface area (Å²) in [6.45, 7) is 15.9. The summed E-state index contributed by atoms with van der Waals surface area (Å²) < 4.78 is 11.9. The average Bonchev–Trinajstić information content (AvgIpc) is 3.59. The minimum atomic E-state index is -0.875. The second-order valence-corrected chi connectivity index (χ2v) is 15.0. The van der Waals surface area contributed by atoms with Gasteiger partial charge < -0.3 is 40.3 Å². The zero-order valence-electron chi connectivity index (χ0n) is 33.1. The van der Waals surface area contributed by atoms with Gasteiger partial charge in [0.2, 0.25) is 23.6 Å². The second-order valence-electron chi connectivity index (χ2n) is 15.0. The minimum Gasteiger partial charge on any atom is -0.386 e. The van der Waals surface area contributed by atoms with Crippen molar-refractivity contribution >= 4 is 23.6 Å². The highest BCUT2D eigenvalue weighted by Gasteiger charge is 2.43. The minimum absolute atomic E-state index is 0.0148. The number of nitrogens with one attached hydrogen (secondary N) is 3. The molecule has 10 atom stereocenters. The largest absolute Gasteiger partial charge is 0.386 e. The first-order chi connectivity index (χ1) is 24.0. The molecule has 51 heavy (non-hydrogen) atoms. The van der Waals surface area contributed by atoms with E-state index in [0.717, 1.165) is 12.8 Å². The molecule has 12 nitrogen and oxygen atoms in total. The number of hydrogen-bond acceptors (Lipinski definition) is 8. The predicted molar refractivity (Wildman–Crippen MR) is 200 cm³/mol. The molecule has 290 valence electrons. The molecule has 12 heteroatoms. The van der Waals surface area contributed by atoms with E-state index in [1.54, 1.807) is 52.0 Å². The molecule has 4 N–H and O–H groups in total. The first-order valence-electron chi connectivity index (χ1n) is 18.7. The molecule has 0 bridgehead atoms. The van der Waals surface area contributed by atoms with Crippen molar-refractivity contribution in [1.82, 2.24) is 25.8 Å². The summed E-state index contributed by atoms with van der Waals surface area (Å²) in [5.74, 6) is -1.62. The number of methoxy groups -OCH3 is 2. The van der Waals surface area contributed by atoms with Crippen LogP contribution in [0.25, 0.3) is 0 Å². The van der Waals surface area contributed by atoms with Crippen LogP contribution in [0.2, 0.25) is 0 Å². The third-order valence-corrected chi connectivity index (χ3v) is 10.7. The molecule has 0 radical (unpaired) electrons. The second kappa shape index (κ2) is 20.8. The highest BCUT2D eigenvalue weighted by molar-refractivity contribution is 5.90. The van der Waals surface area contributed by atoms with Gasteiger partial charge in [-0.05, 0) is 50.1 Å². The summed E-state index contributed by atoms with van der Waals surface area (Å²) in [6.07, 6.45) is 0.147. The molecule has 1 aromatic carbocycles. The molecule has 0 saturated carbocycles. The Balaban J connectivity index is 2.24. The molecule has 1 saturated heterocycles. The molecule has 0 aromatic heterocycles. The lowest BCUT2D eigenvalue weighted by atomic mass is 9.89. The molecule has 1 heterocycles. The van der Waals surface area contributed by atoms with Crippen LogP contribution in [0.15, 0.2) is 30.3 Å². The zero-order chi connectivity index (χ0) is 38.6. The van der Waals surface area contributed by atoms with E-state index in [1.807, 2.05) is 71.9 Å². The summed E-state index contributed by atoms with van der Waals surface area (Å²) >= 11 is 0. The van der Waals surface area contributed by atoms with Crippen LogP contribution in [-0.2, 0) is 28.7 Å². The SMILES string of the molecule is CC[C@H](C)[C@@H]([C@@H](CC(=O)N1CCCC1[C@H](OC)[C@@H](C)C(=O)N[C@H](C)[C@@H](O)c1ccccc1)OC)N(C)C(=O)[C@@H](NC(=O)[C@H](NC)C(C)C)C(C)C. The van der Waals surface area contributed by atoms with E-state index in [9.17, 15) is 24.3 Å². The van der Waals surface area contributed by atoms with Crippen LogP contribution in [0.1, 0.15) is 92.7 Å². The molecular formula is C39H67N5O7. The number of nitrogens with zero attached hydrogens (tertiary/aromatic N) is 2. The van der Waals surface area contributed by atoms with Gasteiger partial charge in [-0.25, -0.2) is 0 Å². The number of ether oxygens (including phenoxy) is 2. The predicted octanol–water partition coefficient (Wildman–Crippen LogP) is 3.53. The summed E-state index contributed by atoms with van der Waals surface area (Å²) in [5, 5.41) is 19.8. The Labute approximate surface area is 306 Å². The number of aliphatic hydroxyl groups is 1. The van der Waals surface area contributed by atoms with E-state index in [4.69, 9.17) is 9.47 Å². The number of carbonyl (C=O) groups is 4. The monoisotopic (exact) mass is 718 g/mol. The lowest BCUT2D eigenvalue weighted by Gasteiger charge is -2.41. The summed E-state index contributed by atoms with van der Waals surface area (Å²) in [7, 11) is 6.57. The summed E-state index contributed by atoms with van der Waals surface area (Å²) in [6, 6.07) is 6.67. The van der Waals surface area contributed by atoms with Crippen LogP contribution in [0.4, 0.5) is 0 Å². The fourth-order valence-electron chi connectivity index (χ4n) is 7.42. The van der Waals surface area contributed by atoms with Crippen LogP contribution >= 0.6 is 0 Å². The maximum atomic E-state index is 14.1. The van der Waals surface area contributed by atoms with Gasteiger partial charge in [-0.3, -0.25) is 19.2 Å². The van der Waals surface area contributed by atoms with Gasteiger partial charge in [0.1, 0.15) is 6.04 Å². The van der Waals surface area contributed by atoms with E-state index in [2.05, 4.69) is 16.0 Å². The van der Waals surface area contributed by atoms with Crippen LogP contribution in [-0.4, -0.2) is 116 Å². The lowest BCUT2D eigenvalue weighted by molar-refractivity contribution is -0.148. The van der Waals surface area contributed by atoms with Gasteiger partial charge in [0.25, 0.3) is 0 Å². The maximum absolute atomic E-state index is 14.1. The molecule has 2 rings (SSSR count). The van der Waals surface area contributed by atoms with E-state index in [1.165, 1.54) is 0 Å². The lowest BCUT2D eigenvalue weighted by Crippen LogP contribution is -2.59. The van der Waals surface area contributed by atoms with Crippen molar-refractivity contribution in [3.63, 3.8) is 0 Å². The Morgan fingerprint density at radius 3 is 2.04 bits per heavy atom. The molecular weight excluding hydrogens is 650 g/mol. The maximum Gasteiger partial charge on any atom is 0.245 e. The average molecular weight is 718 g/mol. The van der Waals surface area contributed by atoms with Crippen molar-refractivity contribution in [3.05, 3.63) is 35.9 Å². The van der Waals surface area contributed by atoms with Gasteiger partial charge in [-0.1, -0.05) is 85.2 Å². The van der Waals surface area contributed by atoms with Crippen molar-refractivity contribution in [2.75, 3.05) is 34.9 Å². The van der Waals surface area contributed by atoms with Crippen molar-refractivity contribution in [1.29, 1.82) is 0 Å². The van der Waals surface area contributed by atoms with Gasteiger partial charge >= 0.3 is 0 Å². The summed E-state index contributed by atoms with van der Waals surface area (Å²) in [4.78, 5) is 58.3. The van der Waals surface area contributed by atoms with E-state index < -0.39 is 48.4 Å². The summed E-state index contributed by atoms with van der Waals surface area (Å²) in [5.41, 5.74) is 0.711. The molecule has 4 amide bonds. The number of hydrogen-bond donors (Lipinski definition) is 4. The molecule has 1 aliphatic heterocycles. The molecule has 0 aliphatic carbocycles. The molecule has 0 spiro atoms. The van der Waals surface area contributed by atoms with E-state index >= 15 is 0 Å². The first kappa shape index (κ1) is 44.1. The standard InChI is InChI=1S/C39H67N5O7/c1-13-25(6)34(43(10)39(49)33(24(4)5)42-38(48)32(40-9)23(2)3)30(50-11)22-31(45)44-21-17-20-29(44)36(51-12)26(7)37(47)41-27(8)35(46)28-18-15-14-16-19-28/h14-16,18-19,23-27,29-30,32-36,40,46H,13,17,20-22H2,1-12H3,(H,41,47)(H,42,48)/t25-,26+,27+,29?,30+,32+,33-,34-,35+,36+/m0/s1. The number of aliphatic hydroxyl groups excluding tert-OH is 1. The van der Waals surface area contributed by atoms with Crippen molar-refractivity contribution in [2.24, 2.45) is 23.7 Å². The Hall–Kier alpha value is -3.06. The Bertz CT molecular complexity index is 1250. The molecule has 1 aliphatic rings. The van der Waals surface area contributed by atoms with Crippen LogP contribution < -0.4 is 16.0 Å². The highest BCUT2D eigenvalue weighted by Crippen LogP contribution is 2.30. The third-order valence-electron chi connectivity index (χ3n) is 10.7. The van der Waals surface area contributed by atoms with Crippen molar-refractivity contribution in [2.45, 2.75) is 130 Å². The number of benzene rings is 1. The zero-order valence-corrected chi connectivity index (χ0v) is 33.1. The van der Waals surface area contributed by atoms with Gasteiger partial charge in [0, 0.05) is 27.8 Å². The quantitative estimate of drug-likeness (QED) is 0.160. The fraction of sp³-hybridized carbons (Fsp3) is 0.744. The van der Waals surface area contributed by atoms with Crippen LogP contribution in [0.3, 0.4) is 0 Å². The van der Waals surface area contributed by atoms with Gasteiger partial charge in [0.05, 0.1) is 54.8 Å². The molecule has 1 aromatic rings. The van der Waals surface area contributed by atoms with Gasteiger partial charge in [-0.15, -0.1) is 0 Å². The highest BCUT2D eigenvalue weighted by atomic mass is 16.5. The fourth-order valence-corrected chi connectivity index (χ4v) is 7.42. The van der Waals surface area contributed by atoms with Gasteiger partial charge in [0.15, 0.2) is 0 Å². The number of rotatable bonds is 20. The van der Waals surface area contributed by atoms with E-state index in [0.29, 0.717) is 18.5 Å². The number of likely N-dealkylation sites (N-methyl/N-ethyl adjacent to an activating group) is 2. The van der Waals surface area contributed by atoms with Gasteiger partial charge in [-0.2, -0.15) is 0 Å². The van der Waals surface area contributed by atoms with Crippen molar-refractivity contribution in [3.8, 4) is 0 Å². The number of amides is 4. The third kappa shape index (κ3) is 11.5. The Kier molecular flexibility index (Phi) is 18.0. The molecule has 1 fully saturated rings. The van der Waals surface area contributed by atoms with Crippen LogP contribution in [0, 0.1) is 23.7 Å². The Morgan fingerprint density at radius 2 is 1.53 bits per heavy atom. The number of likely N-dealkylation sites (tertiary alicyclic amines) is 1. The first-order valence-corrected chi connectivity index (χ1v) is 18.7.